The van der Waals surface area contributed by atoms with Gasteiger partial charge < -0.3 is 11.1 Å². The van der Waals surface area contributed by atoms with E-state index in [-0.39, 0.29) is 11.4 Å². The van der Waals surface area contributed by atoms with Crippen molar-refractivity contribution in [3.05, 3.63) is 35.4 Å². The summed E-state index contributed by atoms with van der Waals surface area (Å²) in [5, 5.41) is 3.22. The van der Waals surface area contributed by atoms with Crippen LogP contribution in [0.25, 0.3) is 0 Å². The zero-order valence-electron chi connectivity index (χ0n) is 13.4. The molecule has 0 radical (unpaired) electrons. The minimum Gasteiger partial charge on any atom is -0.353 e. The van der Waals surface area contributed by atoms with Gasteiger partial charge in [0.1, 0.15) is 0 Å². The van der Waals surface area contributed by atoms with E-state index in [9.17, 15) is 4.79 Å². The highest BCUT2D eigenvalue weighted by atomic mass is 16.1. The Morgan fingerprint density at radius 1 is 1.09 bits per heavy atom. The molecule has 1 aromatic carbocycles. The molecule has 0 bridgehead atoms. The maximum atomic E-state index is 12.1. The van der Waals surface area contributed by atoms with Gasteiger partial charge in [-0.05, 0) is 43.2 Å². The highest BCUT2D eigenvalue weighted by Gasteiger charge is 2.39. The fraction of sp³-hybridized carbons (Fsp3) is 0.632. The number of nitrogens with two attached hydrogens (primary N) is 1. The predicted molar refractivity (Wildman–Crippen MR) is 89.5 cm³/mol. The van der Waals surface area contributed by atoms with Crippen molar-refractivity contribution in [2.24, 2.45) is 5.73 Å². The fourth-order valence-electron chi connectivity index (χ4n) is 3.41. The van der Waals surface area contributed by atoms with Gasteiger partial charge in [-0.1, -0.05) is 49.9 Å². The molecule has 120 valence electrons. The Kier molecular flexibility index (Phi) is 4.82. The minimum absolute atomic E-state index is 0.0601. The molecule has 0 unspecified atom stereocenters. The third kappa shape index (κ3) is 4.10. The monoisotopic (exact) mass is 300 g/mol. The number of hydrogen-bond acceptors (Lipinski definition) is 2. The second-order valence-electron chi connectivity index (χ2n) is 7.11. The van der Waals surface area contributed by atoms with Crippen LogP contribution >= 0.6 is 0 Å². The van der Waals surface area contributed by atoms with Crippen LogP contribution in [0.1, 0.15) is 68.9 Å². The van der Waals surface area contributed by atoms with Crippen LogP contribution in [0.3, 0.4) is 0 Å². The molecule has 3 rings (SSSR count). The summed E-state index contributed by atoms with van der Waals surface area (Å²) in [5.41, 5.74) is 8.59. The average molecular weight is 300 g/mol. The minimum atomic E-state index is -0.0601. The van der Waals surface area contributed by atoms with E-state index in [1.54, 1.807) is 0 Å². The number of amides is 1. The van der Waals surface area contributed by atoms with Crippen molar-refractivity contribution in [2.75, 3.05) is 0 Å². The van der Waals surface area contributed by atoms with E-state index < -0.39 is 0 Å². The number of benzene rings is 1. The Balaban J connectivity index is 1.44. The topological polar surface area (TPSA) is 55.1 Å². The van der Waals surface area contributed by atoms with E-state index in [4.69, 9.17) is 5.73 Å². The number of hydrogen-bond donors (Lipinski definition) is 2. The molecule has 0 aromatic heterocycles. The number of aryl methyl sites for hydroxylation is 1. The average Bonchev–Trinajstić information content (AvgIpc) is 3.31. The van der Waals surface area contributed by atoms with Crippen LogP contribution in [0.5, 0.6) is 0 Å². The molecule has 0 aliphatic heterocycles. The molecule has 3 N–H and O–H groups in total. The maximum Gasteiger partial charge on any atom is 0.220 e. The van der Waals surface area contributed by atoms with E-state index in [1.165, 1.54) is 36.8 Å². The molecule has 1 aromatic rings. The Hall–Kier alpha value is -1.35. The first-order chi connectivity index (χ1) is 10.7. The Morgan fingerprint density at radius 3 is 2.32 bits per heavy atom. The van der Waals surface area contributed by atoms with Gasteiger partial charge in [-0.25, -0.2) is 0 Å². The molecule has 2 aliphatic carbocycles. The number of rotatable bonds is 5. The molecule has 2 aliphatic rings. The van der Waals surface area contributed by atoms with Gasteiger partial charge in [0.25, 0.3) is 0 Å². The second kappa shape index (κ2) is 6.82. The number of carbonyl (C=O) groups is 1. The predicted octanol–water partition coefficient (Wildman–Crippen LogP) is 3.41. The van der Waals surface area contributed by atoms with E-state index in [0.717, 1.165) is 32.1 Å². The molecule has 22 heavy (non-hydrogen) atoms. The lowest BCUT2D eigenvalue weighted by Gasteiger charge is -2.16. The van der Waals surface area contributed by atoms with Crippen LogP contribution < -0.4 is 11.1 Å². The number of carbonyl (C=O) groups excluding carboxylic acids is 1. The third-order valence-corrected chi connectivity index (χ3v) is 5.18. The van der Waals surface area contributed by atoms with Crippen molar-refractivity contribution in [2.45, 2.75) is 75.8 Å². The van der Waals surface area contributed by atoms with Gasteiger partial charge >= 0.3 is 0 Å². The summed E-state index contributed by atoms with van der Waals surface area (Å²) in [7, 11) is 0. The Morgan fingerprint density at radius 2 is 1.73 bits per heavy atom. The summed E-state index contributed by atoms with van der Waals surface area (Å²) in [6.45, 7) is 0. The molecule has 2 saturated carbocycles. The normalized spacial score (nSPS) is 21.1. The van der Waals surface area contributed by atoms with Crippen LogP contribution in [-0.4, -0.2) is 11.9 Å². The van der Waals surface area contributed by atoms with Gasteiger partial charge in [-0.2, -0.15) is 0 Å². The SMILES string of the molecule is NC1(c2ccc(CCC(=O)NC3CCCCCC3)cc2)CC1. The molecule has 0 heterocycles. The van der Waals surface area contributed by atoms with E-state index in [2.05, 4.69) is 29.6 Å². The van der Waals surface area contributed by atoms with Crippen molar-refractivity contribution in [3.63, 3.8) is 0 Å². The summed E-state index contributed by atoms with van der Waals surface area (Å²) >= 11 is 0. The van der Waals surface area contributed by atoms with Crippen molar-refractivity contribution < 1.29 is 4.79 Å². The zero-order valence-corrected chi connectivity index (χ0v) is 13.4. The molecule has 3 nitrogen and oxygen atoms in total. The van der Waals surface area contributed by atoms with Gasteiger partial charge in [0.2, 0.25) is 5.91 Å². The molecule has 3 heteroatoms. The molecular formula is C19H28N2O. The van der Waals surface area contributed by atoms with E-state index >= 15 is 0 Å². The second-order valence-corrected chi connectivity index (χ2v) is 7.11. The Bertz CT molecular complexity index is 497. The molecule has 0 spiro atoms. The molecule has 0 saturated heterocycles. The quantitative estimate of drug-likeness (QED) is 0.819. The van der Waals surface area contributed by atoms with Gasteiger partial charge in [0, 0.05) is 18.0 Å². The lowest BCUT2D eigenvalue weighted by atomic mass is 10.0. The van der Waals surface area contributed by atoms with Gasteiger partial charge in [-0.3, -0.25) is 4.79 Å². The van der Waals surface area contributed by atoms with Crippen molar-refractivity contribution >= 4 is 5.91 Å². The van der Waals surface area contributed by atoms with E-state index in [1.807, 2.05) is 0 Å². The molecule has 0 atom stereocenters. The summed E-state index contributed by atoms with van der Waals surface area (Å²) in [6, 6.07) is 8.92. The highest BCUT2D eigenvalue weighted by Crippen LogP contribution is 2.42. The fourth-order valence-corrected chi connectivity index (χ4v) is 3.41. The summed E-state index contributed by atoms with van der Waals surface area (Å²) < 4.78 is 0. The van der Waals surface area contributed by atoms with Gasteiger partial charge in [0.15, 0.2) is 0 Å². The van der Waals surface area contributed by atoms with Crippen LogP contribution in [0.2, 0.25) is 0 Å². The summed E-state index contributed by atoms with van der Waals surface area (Å²) in [6.07, 6.45) is 11.0. The van der Waals surface area contributed by atoms with E-state index in [0.29, 0.717) is 12.5 Å². The van der Waals surface area contributed by atoms with Crippen LogP contribution in [0.15, 0.2) is 24.3 Å². The first-order valence-corrected chi connectivity index (χ1v) is 8.83. The lowest BCUT2D eigenvalue weighted by molar-refractivity contribution is -0.121. The summed E-state index contributed by atoms with van der Waals surface area (Å²) in [5.74, 6) is 0.202. The smallest absolute Gasteiger partial charge is 0.220 e. The molecular weight excluding hydrogens is 272 g/mol. The first-order valence-electron chi connectivity index (χ1n) is 8.83. The maximum absolute atomic E-state index is 12.1. The number of nitrogens with one attached hydrogen (secondary N) is 1. The first kappa shape index (κ1) is 15.5. The summed E-state index contributed by atoms with van der Waals surface area (Å²) in [4.78, 5) is 12.1. The van der Waals surface area contributed by atoms with Gasteiger partial charge in [0.05, 0.1) is 0 Å². The molecule has 1 amide bonds. The highest BCUT2D eigenvalue weighted by molar-refractivity contribution is 5.76. The standard InChI is InChI=1S/C19H28N2O/c20-19(13-14-19)16-10-7-15(8-11-16)9-12-18(22)21-17-5-3-1-2-4-6-17/h7-8,10-11,17H,1-6,9,12-14,20H2,(H,21,22). The van der Waals surface area contributed by atoms with Crippen LogP contribution in [0.4, 0.5) is 0 Å². The molecule has 2 fully saturated rings. The Labute approximate surface area is 133 Å². The lowest BCUT2D eigenvalue weighted by Crippen LogP contribution is -2.34. The van der Waals surface area contributed by atoms with Crippen LogP contribution in [-0.2, 0) is 16.8 Å². The third-order valence-electron chi connectivity index (χ3n) is 5.18. The largest absolute Gasteiger partial charge is 0.353 e. The van der Waals surface area contributed by atoms with Crippen molar-refractivity contribution in [1.29, 1.82) is 0 Å². The zero-order chi connectivity index (χ0) is 15.4. The van der Waals surface area contributed by atoms with Crippen molar-refractivity contribution in [3.8, 4) is 0 Å². The van der Waals surface area contributed by atoms with Crippen molar-refractivity contribution in [1.82, 2.24) is 5.32 Å². The van der Waals surface area contributed by atoms with Crippen LogP contribution in [0, 0.1) is 0 Å². The van der Waals surface area contributed by atoms with Gasteiger partial charge in [-0.15, -0.1) is 0 Å².